The molecule has 1 unspecified atom stereocenters. The summed E-state index contributed by atoms with van der Waals surface area (Å²) in [5.74, 6) is 2.03. The number of benzene rings is 1. The second kappa shape index (κ2) is 7.92. The first-order chi connectivity index (χ1) is 13.2. The standard InChI is InChI=1S/C20H22N4O2S/c1-14-4-3-10-24(12-14)17-8-7-15-5-2-6-16(19(15)22-17)26-13-18(25)23-20-21-9-11-27-20/h2,5-9,11,14H,3-4,10,12-13H2,1H3,(H,21,23,25). The van der Waals surface area contributed by atoms with Crippen LogP contribution in [0.15, 0.2) is 41.9 Å². The molecule has 1 amide bonds. The van der Waals surface area contributed by atoms with Crippen LogP contribution < -0.4 is 15.0 Å². The van der Waals surface area contributed by atoms with Crippen LogP contribution in [0.1, 0.15) is 19.8 Å². The molecule has 0 spiro atoms. The van der Waals surface area contributed by atoms with Gasteiger partial charge in [-0.15, -0.1) is 11.3 Å². The fraction of sp³-hybridized carbons (Fsp3) is 0.350. The highest BCUT2D eigenvalue weighted by Crippen LogP contribution is 2.28. The number of piperidine rings is 1. The molecule has 1 N–H and O–H groups in total. The number of nitrogens with zero attached hydrogens (tertiary/aromatic N) is 3. The highest BCUT2D eigenvalue weighted by atomic mass is 32.1. The Labute approximate surface area is 162 Å². The Morgan fingerprint density at radius 1 is 1.37 bits per heavy atom. The third-order valence-corrected chi connectivity index (χ3v) is 5.38. The van der Waals surface area contributed by atoms with Crippen LogP contribution in [0.4, 0.5) is 10.9 Å². The molecule has 4 rings (SSSR count). The summed E-state index contributed by atoms with van der Waals surface area (Å²) in [5.41, 5.74) is 0.787. The van der Waals surface area contributed by atoms with Gasteiger partial charge in [-0.3, -0.25) is 10.1 Å². The van der Waals surface area contributed by atoms with Crippen LogP contribution in [0.2, 0.25) is 0 Å². The number of thiazole rings is 1. The van der Waals surface area contributed by atoms with Crippen LogP contribution >= 0.6 is 11.3 Å². The second-order valence-corrected chi connectivity index (χ2v) is 7.76. The number of pyridine rings is 1. The summed E-state index contributed by atoms with van der Waals surface area (Å²) in [7, 11) is 0. The molecule has 1 aliphatic heterocycles. The molecule has 0 bridgehead atoms. The Balaban J connectivity index is 1.51. The molecule has 1 fully saturated rings. The Kier molecular flexibility index (Phi) is 5.20. The maximum Gasteiger partial charge on any atom is 0.264 e. The van der Waals surface area contributed by atoms with Gasteiger partial charge in [-0.05, 0) is 37.0 Å². The number of aromatic nitrogens is 2. The van der Waals surface area contributed by atoms with Gasteiger partial charge in [-0.1, -0.05) is 19.1 Å². The van der Waals surface area contributed by atoms with Gasteiger partial charge < -0.3 is 9.64 Å². The van der Waals surface area contributed by atoms with Crippen LogP contribution in [-0.2, 0) is 4.79 Å². The number of hydrogen-bond acceptors (Lipinski definition) is 6. The number of fused-ring (bicyclic) bond motifs is 1. The lowest BCUT2D eigenvalue weighted by atomic mass is 10.0. The highest BCUT2D eigenvalue weighted by Gasteiger charge is 2.18. The van der Waals surface area contributed by atoms with Crippen molar-refractivity contribution in [3.63, 3.8) is 0 Å². The van der Waals surface area contributed by atoms with Gasteiger partial charge in [0.25, 0.3) is 5.91 Å². The van der Waals surface area contributed by atoms with E-state index in [0.29, 0.717) is 16.8 Å². The normalized spacial score (nSPS) is 17.1. The molecule has 7 heteroatoms. The molecule has 3 heterocycles. The number of para-hydroxylation sites is 1. The minimum atomic E-state index is -0.233. The predicted molar refractivity (Wildman–Crippen MR) is 109 cm³/mol. The fourth-order valence-corrected chi connectivity index (χ4v) is 3.93. The third kappa shape index (κ3) is 4.19. The Hall–Kier alpha value is -2.67. The summed E-state index contributed by atoms with van der Waals surface area (Å²) in [6.45, 7) is 4.26. The summed E-state index contributed by atoms with van der Waals surface area (Å²) in [6, 6.07) is 9.92. The molecule has 3 aromatic rings. The van der Waals surface area contributed by atoms with Crippen molar-refractivity contribution < 1.29 is 9.53 Å². The van der Waals surface area contributed by atoms with Crippen molar-refractivity contribution in [2.45, 2.75) is 19.8 Å². The van der Waals surface area contributed by atoms with Gasteiger partial charge >= 0.3 is 0 Å². The lowest BCUT2D eigenvalue weighted by Crippen LogP contribution is -2.34. The van der Waals surface area contributed by atoms with Gasteiger partial charge in [0.15, 0.2) is 11.7 Å². The molecule has 1 atom stereocenters. The Morgan fingerprint density at radius 2 is 2.30 bits per heavy atom. The maximum absolute atomic E-state index is 12.1. The number of amides is 1. The molecule has 2 aromatic heterocycles. The molecule has 1 aromatic carbocycles. The lowest BCUT2D eigenvalue weighted by Gasteiger charge is -2.32. The van der Waals surface area contributed by atoms with Crippen molar-refractivity contribution in [2.24, 2.45) is 5.92 Å². The predicted octanol–water partition coefficient (Wildman–Crippen LogP) is 3.95. The van der Waals surface area contributed by atoms with Gasteiger partial charge in [0.2, 0.25) is 0 Å². The van der Waals surface area contributed by atoms with Crippen LogP contribution in [0, 0.1) is 5.92 Å². The largest absolute Gasteiger partial charge is 0.481 e. The quantitative estimate of drug-likeness (QED) is 0.724. The number of ether oxygens (including phenoxy) is 1. The van der Waals surface area contributed by atoms with E-state index in [2.05, 4.69) is 34.3 Å². The molecule has 140 valence electrons. The van der Waals surface area contributed by atoms with Gasteiger partial charge in [0, 0.05) is 30.1 Å². The van der Waals surface area contributed by atoms with E-state index >= 15 is 0 Å². The SMILES string of the molecule is CC1CCCN(c2ccc3cccc(OCC(=O)Nc4nccs4)c3n2)C1. The van der Waals surface area contributed by atoms with Crippen molar-refractivity contribution in [3.8, 4) is 5.75 Å². The van der Waals surface area contributed by atoms with Crippen LogP contribution in [0.25, 0.3) is 10.9 Å². The zero-order valence-electron chi connectivity index (χ0n) is 15.2. The minimum Gasteiger partial charge on any atom is -0.481 e. The van der Waals surface area contributed by atoms with Crippen molar-refractivity contribution >= 4 is 39.1 Å². The fourth-order valence-electron chi connectivity index (χ4n) is 3.38. The number of carbonyl (C=O) groups excluding carboxylic acids is 1. The monoisotopic (exact) mass is 382 g/mol. The smallest absolute Gasteiger partial charge is 0.264 e. The first-order valence-electron chi connectivity index (χ1n) is 9.16. The van der Waals surface area contributed by atoms with Crippen molar-refractivity contribution in [1.29, 1.82) is 0 Å². The average molecular weight is 382 g/mol. The lowest BCUT2D eigenvalue weighted by molar-refractivity contribution is -0.118. The summed E-state index contributed by atoms with van der Waals surface area (Å²) in [4.78, 5) is 23.3. The van der Waals surface area contributed by atoms with E-state index < -0.39 is 0 Å². The molecular formula is C20H22N4O2S. The zero-order valence-corrected chi connectivity index (χ0v) is 16.0. The third-order valence-electron chi connectivity index (χ3n) is 4.69. The van der Waals surface area contributed by atoms with Gasteiger partial charge in [-0.2, -0.15) is 0 Å². The van der Waals surface area contributed by atoms with E-state index in [4.69, 9.17) is 9.72 Å². The molecule has 1 saturated heterocycles. The first-order valence-corrected chi connectivity index (χ1v) is 10.0. The van der Waals surface area contributed by atoms with Crippen molar-refractivity contribution in [1.82, 2.24) is 9.97 Å². The summed E-state index contributed by atoms with van der Waals surface area (Å²) < 4.78 is 5.78. The van der Waals surface area contributed by atoms with Gasteiger partial charge in [0.05, 0.1) is 0 Å². The van der Waals surface area contributed by atoms with Crippen LogP contribution in [-0.4, -0.2) is 35.6 Å². The maximum atomic E-state index is 12.1. The topological polar surface area (TPSA) is 67.3 Å². The number of anilines is 2. The number of nitrogens with one attached hydrogen (secondary N) is 1. The number of hydrogen-bond donors (Lipinski definition) is 1. The molecule has 27 heavy (non-hydrogen) atoms. The van der Waals surface area contributed by atoms with E-state index in [0.717, 1.165) is 29.8 Å². The van der Waals surface area contributed by atoms with Gasteiger partial charge in [-0.25, -0.2) is 9.97 Å². The van der Waals surface area contributed by atoms with E-state index in [-0.39, 0.29) is 12.5 Å². The Morgan fingerprint density at radius 3 is 3.11 bits per heavy atom. The van der Waals surface area contributed by atoms with Crippen molar-refractivity contribution in [2.75, 3.05) is 29.9 Å². The summed E-state index contributed by atoms with van der Waals surface area (Å²) in [6.07, 6.45) is 4.11. The summed E-state index contributed by atoms with van der Waals surface area (Å²) in [5, 5.41) is 6.11. The second-order valence-electron chi connectivity index (χ2n) is 6.86. The van der Waals surface area contributed by atoms with E-state index in [1.54, 1.807) is 6.20 Å². The van der Waals surface area contributed by atoms with Crippen LogP contribution in [0.3, 0.4) is 0 Å². The minimum absolute atomic E-state index is 0.0780. The molecule has 0 saturated carbocycles. The molecule has 6 nitrogen and oxygen atoms in total. The van der Waals surface area contributed by atoms with E-state index in [9.17, 15) is 4.79 Å². The van der Waals surface area contributed by atoms with Crippen LogP contribution in [0.5, 0.6) is 5.75 Å². The van der Waals surface area contributed by atoms with Crippen molar-refractivity contribution in [3.05, 3.63) is 41.9 Å². The molecular weight excluding hydrogens is 360 g/mol. The number of rotatable bonds is 5. The molecule has 0 aliphatic carbocycles. The highest BCUT2D eigenvalue weighted by molar-refractivity contribution is 7.13. The summed E-state index contributed by atoms with van der Waals surface area (Å²) >= 11 is 1.38. The first kappa shape index (κ1) is 17.7. The molecule has 0 radical (unpaired) electrons. The molecule has 1 aliphatic rings. The number of carbonyl (C=O) groups is 1. The van der Waals surface area contributed by atoms with E-state index in [1.165, 1.54) is 24.2 Å². The Bertz CT molecular complexity index is 929. The van der Waals surface area contributed by atoms with Gasteiger partial charge in [0.1, 0.15) is 17.1 Å². The van der Waals surface area contributed by atoms with E-state index in [1.807, 2.05) is 23.6 Å². The average Bonchev–Trinajstić information content (AvgIpc) is 3.19. The zero-order chi connectivity index (χ0) is 18.6.